The maximum Gasteiger partial charge on any atom is 0.176 e. The van der Waals surface area contributed by atoms with Gasteiger partial charge in [-0.15, -0.1) is 0 Å². The molecule has 0 amide bonds. The van der Waals surface area contributed by atoms with E-state index in [4.69, 9.17) is 4.43 Å². The van der Waals surface area contributed by atoms with Crippen LogP contribution in [0, 0.1) is 0 Å². The fourth-order valence-electron chi connectivity index (χ4n) is 3.04. The van der Waals surface area contributed by atoms with Gasteiger partial charge in [-0.1, -0.05) is 104 Å². The summed E-state index contributed by atoms with van der Waals surface area (Å²) in [5.74, 6) is 0. The summed E-state index contributed by atoms with van der Waals surface area (Å²) < 4.78 is 5.78. The molecule has 0 saturated carbocycles. The summed E-state index contributed by atoms with van der Waals surface area (Å²) in [5, 5.41) is 0. The van der Waals surface area contributed by atoms with Gasteiger partial charge in [-0.3, -0.25) is 0 Å². The van der Waals surface area contributed by atoms with Crippen molar-refractivity contribution < 1.29 is 4.43 Å². The van der Waals surface area contributed by atoms with Gasteiger partial charge in [0.15, 0.2) is 9.04 Å². The smallest absolute Gasteiger partial charge is 0.176 e. The minimum Gasteiger partial charge on any atom is -0.423 e. The second kappa shape index (κ2) is 18.2. The van der Waals surface area contributed by atoms with Crippen molar-refractivity contribution in [3.63, 3.8) is 0 Å². The Bertz CT molecular complexity index is 184. The molecule has 1 nitrogen and oxygen atoms in total. The highest BCUT2D eigenvalue weighted by molar-refractivity contribution is 6.51. The lowest BCUT2D eigenvalue weighted by molar-refractivity contribution is 0.411. The Labute approximate surface area is 137 Å². The molecule has 0 aliphatic carbocycles. The molecule has 21 heavy (non-hydrogen) atoms. The summed E-state index contributed by atoms with van der Waals surface area (Å²) in [5.41, 5.74) is 0. The highest BCUT2D eigenvalue weighted by Crippen LogP contribution is 2.15. The molecule has 2 heteroatoms. The fraction of sp³-hybridized carbons (Fsp3) is 1.00. The normalized spacial score (nSPS) is 12.7. The predicted molar refractivity (Wildman–Crippen MR) is 99.8 cm³/mol. The van der Waals surface area contributed by atoms with E-state index in [1.165, 1.54) is 102 Å². The Morgan fingerprint density at radius 1 is 0.524 bits per heavy atom. The molecule has 0 saturated heterocycles. The van der Waals surface area contributed by atoms with Gasteiger partial charge in [0.25, 0.3) is 0 Å². The summed E-state index contributed by atoms with van der Waals surface area (Å²) in [6, 6.07) is 2.83. The second-order valence-electron chi connectivity index (χ2n) is 6.68. The van der Waals surface area contributed by atoms with Gasteiger partial charge in [0.1, 0.15) is 0 Å². The molecule has 0 aliphatic rings. The van der Waals surface area contributed by atoms with Crippen LogP contribution in [0.2, 0.25) is 12.1 Å². The standard InChI is InChI=1S/C19H42OSi/c1-4-6-8-10-12-13-15-17-19-21(20-3)18-16-14-11-9-7-5-2/h21H,4-19H2,1-3H3. The van der Waals surface area contributed by atoms with E-state index >= 15 is 0 Å². The lowest BCUT2D eigenvalue weighted by Gasteiger charge is -2.13. The average Bonchev–Trinajstić information content (AvgIpc) is 2.51. The van der Waals surface area contributed by atoms with E-state index in [1.807, 2.05) is 7.11 Å². The van der Waals surface area contributed by atoms with Crippen LogP contribution in [0.3, 0.4) is 0 Å². The van der Waals surface area contributed by atoms with E-state index in [1.54, 1.807) is 0 Å². The van der Waals surface area contributed by atoms with Crippen LogP contribution < -0.4 is 0 Å². The minimum atomic E-state index is -0.842. The van der Waals surface area contributed by atoms with E-state index in [2.05, 4.69) is 13.8 Å². The summed E-state index contributed by atoms with van der Waals surface area (Å²) in [4.78, 5) is 0. The molecule has 1 unspecified atom stereocenters. The van der Waals surface area contributed by atoms with Gasteiger partial charge < -0.3 is 4.43 Å². The molecule has 0 heterocycles. The van der Waals surface area contributed by atoms with Crippen LogP contribution in [0.1, 0.15) is 104 Å². The second-order valence-corrected chi connectivity index (χ2v) is 9.55. The van der Waals surface area contributed by atoms with Gasteiger partial charge in [-0.25, -0.2) is 0 Å². The molecule has 0 radical (unpaired) electrons. The van der Waals surface area contributed by atoms with E-state index in [0.717, 1.165) is 0 Å². The Kier molecular flexibility index (Phi) is 18.4. The predicted octanol–water partition coefficient (Wildman–Crippen LogP) is 6.86. The Morgan fingerprint density at radius 3 is 1.19 bits per heavy atom. The van der Waals surface area contributed by atoms with E-state index in [9.17, 15) is 0 Å². The molecule has 0 fully saturated rings. The highest BCUT2D eigenvalue weighted by Gasteiger charge is 2.09. The molecule has 0 aromatic heterocycles. The van der Waals surface area contributed by atoms with E-state index < -0.39 is 9.04 Å². The molecular formula is C19H42OSi. The maximum absolute atomic E-state index is 5.78. The van der Waals surface area contributed by atoms with Crippen molar-refractivity contribution in [1.29, 1.82) is 0 Å². The van der Waals surface area contributed by atoms with Crippen molar-refractivity contribution in [2.24, 2.45) is 0 Å². The number of unbranched alkanes of at least 4 members (excludes halogenated alkanes) is 12. The monoisotopic (exact) mass is 314 g/mol. The molecule has 0 aromatic rings. The first-order valence-corrected chi connectivity index (χ1v) is 12.0. The van der Waals surface area contributed by atoms with Crippen LogP contribution in [0.4, 0.5) is 0 Å². The third kappa shape index (κ3) is 16.4. The first kappa shape index (κ1) is 21.2. The lowest BCUT2D eigenvalue weighted by Crippen LogP contribution is -2.15. The molecule has 0 bridgehead atoms. The van der Waals surface area contributed by atoms with Crippen LogP contribution in [-0.2, 0) is 4.43 Å². The van der Waals surface area contributed by atoms with Crippen LogP contribution >= 0.6 is 0 Å². The molecule has 0 aromatic carbocycles. The largest absolute Gasteiger partial charge is 0.423 e. The molecule has 0 aliphatic heterocycles. The van der Waals surface area contributed by atoms with Crippen molar-refractivity contribution in [2.75, 3.05) is 7.11 Å². The van der Waals surface area contributed by atoms with Gasteiger partial charge >= 0.3 is 0 Å². The molecule has 0 spiro atoms. The Morgan fingerprint density at radius 2 is 0.857 bits per heavy atom. The number of rotatable bonds is 17. The molecule has 0 N–H and O–H groups in total. The third-order valence-electron chi connectivity index (χ3n) is 4.59. The first-order valence-electron chi connectivity index (χ1n) is 9.87. The SMILES string of the molecule is CCCCCCCCCC[SiH](CCCCCCCC)OC. The zero-order chi connectivity index (χ0) is 15.6. The summed E-state index contributed by atoms with van der Waals surface area (Å²) >= 11 is 0. The summed E-state index contributed by atoms with van der Waals surface area (Å²) in [7, 11) is 1.12. The first-order chi connectivity index (χ1) is 10.3. The maximum atomic E-state index is 5.78. The van der Waals surface area contributed by atoms with Crippen LogP contribution in [0.5, 0.6) is 0 Å². The zero-order valence-corrected chi connectivity index (χ0v) is 16.5. The van der Waals surface area contributed by atoms with Crippen molar-refractivity contribution in [1.82, 2.24) is 0 Å². The molecule has 128 valence electrons. The third-order valence-corrected chi connectivity index (χ3v) is 7.36. The summed E-state index contributed by atoms with van der Waals surface area (Å²) in [6.45, 7) is 4.58. The van der Waals surface area contributed by atoms with E-state index in [-0.39, 0.29) is 0 Å². The van der Waals surface area contributed by atoms with Crippen LogP contribution in [0.25, 0.3) is 0 Å². The van der Waals surface area contributed by atoms with Gasteiger partial charge in [-0.05, 0) is 12.1 Å². The number of hydrogen-bond acceptors (Lipinski definition) is 1. The van der Waals surface area contributed by atoms with E-state index in [0.29, 0.717) is 0 Å². The zero-order valence-electron chi connectivity index (χ0n) is 15.3. The van der Waals surface area contributed by atoms with Gasteiger partial charge in [0, 0.05) is 7.11 Å². The van der Waals surface area contributed by atoms with Gasteiger partial charge in [-0.2, -0.15) is 0 Å². The number of hydrogen-bond donors (Lipinski definition) is 0. The van der Waals surface area contributed by atoms with Crippen LogP contribution in [0.15, 0.2) is 0 Å². The highest BCUT2D eigenvalue weighted by atomic mass is 28.3. The molecule has 0 rings (SSSR count). The minimum absolute atomic E-state index is 0.842. The Balaban J connectivity index is 3.28. The topological polar surface area (TPSA) is 9.23 Å². The van der Waals surface area contributed by atoms with Gasteiger partial charge in [0.2, 0.25) is 0 Å². The van der Waals surface area contributed by atoms with Crippen molar-refractivity contribution in [3.05, 3.63) is 0 Å². The van der Waals surface area contributed by atoms with Crippen molar-refractivity contribution in [2.45, 2.75) is 116 Å². The summed E-state index contributed by atoms with van der Waals surface area (Å²) in [6.07, 6.45) is 20.0. The van der Waals surface area contributed by atoms with Crippen molar-refractivity contribution >= 4 is 9.04 Å². The lowest BCUT2D eigenvalue weighted by atomic mass is 10.1. The van der Waals surface area contributed by atoms with Crippen molar-refractivity contribution in [3.8, 4) is 0 Å². The Hall–Kier alpha value is 0.177. The van der Waals surface area contributed by atoms with Gasteiger partial charge in [0.05, 0.1) is 0 Å². The average molecular weight is 315 g/mol. The molecular weight excluding hydrogens is 272 g/mol. The fourth-order valence-corrected chi connectivity index (χ4v) is 5.29. The van der Waals surface area contributed by atoms with Crippen LogP contribution in [-0.4, -0.2) is 16.2 Å². The quantitative estimate of drug-likeness (QED) is 0.210. The molecule has 1 atom stereocenters.